The molecule has 1 amide bonds. The van der Waals surface area contributed by atoms with Gasteiger partial charge in [-0.15, -0.1) is 10.2 Å². The first-order valence-electron chi connectivity index (χ1n) is 9.41. The molecule has 1 aliphatic heterocycles. The Kier molecular flexibility index (Phi) is 7.20. The molecule has 0 atom stereocenters. The molecule has 29 heavy (non-hydrogen) atoms. The minimum absolute atomic E-state index is 0.0195. The molecular formula is C18H24ClN5O3S2. The van der Waals surface area contributed by atoms with E-state index < -0.39 is 10.0 Å². The molecule has 1 aromatic carbocycles. The predicted octanol–water partition coefficient (Wildman–Crippen LogP) is 3.42. The topological polar surface area (TPSA) is 97.2 Å². The second-order valence-corrected chi connectivity index (χ2v) is 10.3. The number of aromatic nitrogens is 3. The third-order valence-corrected chi connectivity index (χ3v) is 7.91. The molecule has 1 aliphatic rings. The van der Waals surface area contributed by atoms with E-state index in [1.54, 1.807) is 12.4 Å². The lowest BCUT2D eigenvalue weighted by atomic mass is 10.2. The maximum Gasteiger partial charge on any atom is 0.244 e. The maximum atomic E-state index is 12.9. The number of benzene rings is 1. The van der Waals surface area contributed by atoms with Crippen LogP contribution >= 0.6 is 23.4 Å². The van der Waals surface area contributed by atoms with Gasteiger partial charge in [0, 0.05) is 24.8 Å². The lowest BCUT2D eigenvalue weighted by molar-refractivity contribution is -0.113. The van der Waals surface area contributed by atoms with Crippen LogP contribution in [0.5, 0.6) is 0 Å². The number of thioether (sulfide) groups is 1. The summed E-state index contributed by atoms with van der Waals surface area (Å²) in [7, 11) is -3.69. The highest BCUT2D eigenvalue weighted by molar-refractivity contribution is 7.99. The van der Waals surface area contributed by atoms with Crippen molar-refractivity contribution in [3.8, 4) is 0 Å². The number of nitrogens with zero attached hydrogens (tertiary/aromatic N) is 4. The van der Waals surface area contributed by atoms with Crippen LogP contribution in [0.2, 0.25) is 5.02 Å². The lowest BCUT2D eigenvalue weighted by Crippen LogP contribution is -2.35. The summed E-state index contributed by atoms with van der Waals surface area (Å²) < 4.78 is 29.2. The van der Waals surface area contributed by atoms with E-state index in [0.29, 0.717) is 23.9 Å². The van der Waals surface area contributed by atoms with Crippen molar-refractivity contribution in [2.24, 2.45) is 0 Å². The average Bonchev–Trinajstić information content (AvgIpc) is 3.17. The summed E-state index contributed by atoms with van der Waals surface area (Å²) in [6, 6.07) is 4.70. The van der Waals surface area contributed by atoms with Crippen molar-refractivity contribution in [3.63, 3.8) is 0 Å². The van der Waals surface area contributed by atoms with Crippen LogP contribution in [0.3, 0.4) is 0 Å². The van der Waals surface area contributed by atoms with Gasteiger partial charge in [0.15, 0.2) is 5.16 Å². The normalized spacial score (nSPS) is 15.6. The number of hydrogen-bond donors (Lipinski definition) is 1. The summed E-state index contributed by atoms with van der Waals surface area (Å²) >= 11 is 7.44. The maximum absolute atomic E-state index is 12.9. The Morgan fingerprint density at radius 2 is 2.00 bits per heavy atom. The van der Waals surface area contributed by atoms with Gasteiger partial charge < -0.3 is 9.88 Å². The van der Waals surface area contributed by atoms with Gasteiger partial charge in [0.2, 0.25) is 15.9 Å². The Bertz CT molecular complexity index is 972. The minimum atomic E-state index is -3.69. The Hall–Kier alpha value is -1.62. The standard InChI is InChI=1S/C18H24ClN5O3S2/c1-13(2)24-12-20-22-18(24)28-11-17(25)21-14-6-7-15(19)16(10-14)29(26,27)23-8-4-3-5-9-23/h6-7,10,12-13H,3-5,8-9,11H2,1-2H3,(H,21,25). The fourth-order valence-corrected chi connectivity index (χ4v) is 5.90. The second-order valence-electron chi connectivity index (χ2n) is 7.06. The fraction of sp³-hybridized carbons (Fsp3) is 0.500. The van der Waals surface area contributed by atoms with Gasteiger partial charge in [-0.2, -0.15) is 4.31 Å². The number of amides is 1. The molecule has 158 valence electrons. The van der Waals surface area contributed by atoms with E-state index in [2.05, 4.69) is 15.5 Å². The number of halogens is 1. The van der Waals surface area contributed by atoms with Crippen molar-refractivity contribution in [2.45, 2.75) is 49.2 Å². The Labute approximate surface area is 180 Å². The van der Waals surface area contributed by atoms with Crippen LogP contribution in [0, 0.1) is 0 Å². The summed E-state index contributed by atoms with van der Waals surface area (Å²) in [4.78, 5) is 12.4. The molecule has 1 aromatic heterocycles. The molecule has 1 saturated heterocycles. The predicted molar refractivity (Wildman–Crippen MR) is 114 cm³/mol. The van der Waals surface area contributed by atoms with Gasteiger partial charge in [-0.25, -0.2) is 8.42 Å². The van der Waals surface area contributed by atoms with E-state index >= 15 is 0 Å². The molecule has 8 nitrogen and oxygen atoms in total. The zero-order valence-electron chi connectivity index (χ0n) is 16.3. The first-order valence-corrected chi connectivity index (χ1v) is 12.2. The molecule has 3 rings (SSSR count). The van der Waals surface area contributed by atoms with E-state index in [1.165, 1.54) is 28.2 Å². The van der Waals surface area contributed by atoms with Gasteiger partial charge >= 0.3 is 0 Å². The lowest BCUT2D eigenvalue weighted by Gasteiger charge is -2.26. The van der Waals surface area contributed by atoms with Crippen LogP contribution in [0.1, 0.15) is 39.2 Å². The Balaban J connectivity index is 1.69. The van der Waals surface area contributed by atoms with Gasteiger partial charge in [-0.05, 0) is 44.9 Å². The number of carbonyl (C=O) groups excluding carboxylic acids is 1. The van der Waals surface area contributed by atoms with Crippen molar-refractivity contribution in [3.05, 3.63) is 29.5 Å². The van der Waals surface area contributed by atoms with E-state index in [9.17, 15) is 13.2 Å². The zero-order valence-corrected chi connectivity index (χ0v) is 18.7. The third-order valence-electron chi connectivity index (χ3n) is 4.58. The summed E-state index contributed by atoms with van der Waals surface area (Å²) in [5.41, 5.74) is 0.390. The molecule has 0 saturated carbocycles. The van der Waals surface area contributed by atoms with Gasteiger partial charge in [0.1, 0.15) is 11.2 Å². The quantitative estimate of drug-likeness (QED) is 0.640. The summed E-state index contributed by atoms with van der Waals surface area (Å²) in [6.45, 7) is 4.99. The number of sulfonamides is 1. The molecule has 0 spiro atoms. The molecule has 1 fully saturated rings. The Morgan fingerprint density at radius 3 is 2.69 bits per heavy atom. The number of anilines is 1. The highest BCUT2D eigenvalue weighted by atomic mass is 35.5. The van der Waals surface area contributed by atoms with Gasteiger partial charge in [-0.3, -0.25) is 4.79 Å². The SMILES string of the molecule is CC(C)n1cnnc1SCC(=O)Nc1ccc(Cl)c(S(=O)(=O)N2CCCCC2)c1. The van der Waals surface area contributed by atoms with E-state index in [4.69, 9.17) is 11.6 Å². The number of piperidine rings is 1. The molecule has 2 aromatic rings. The minimum Gasteiger partial charge on any atom is -0.325 e. The first-order chi connectivity index (χ1) is 13.8. The van der Waals surface area contributed by atoms with Crippen LogP contribution in [0.4, 0.5) is 5.69 Å². The first kappa shape index (κ1) is 22.1. The van der Waals surface area contributed by atoms with Crippen LogP contribution in [0.15, 0.2) is 34.6 Å². The molecule has 0 radical (unpaired) electrons. The number of rotatable bonds is 7. The fourth-order valence-electron chi connectivity index (χ4n) is 3.04. The number of hydrogen-bond acceptors (Lipinski definition) is 6. The molecule has 0 unspecified atom stereocenters. The van der Waals surface area contributed by atoms with Crippen molar-refractivity contribution in [2.75, 3.05) is 24.2 Å². The highest BCUT2D eigenvalue weighted by Crippen LogP contribution is 2.29. The average molecular weight is 458 g/mol. The molecule has 1 N–H and O–H groups in total. The summed E-state index contributed by atoms with van der Waals surface area (Å²) in [6.07, 6.45) is 4.33. The van der Waals surface area contributed by atoms with E-state index in [0.717, 1.165) is 19.3 Å². The van der Waals surface area contributed by atoms with Crippen molar-refractivity contribution >= 4 is 45.0 Å². The van der Waals surface area contributed by atoms with Crippen LogP contribution in [-0.4, -0.2) is 52.2 Å². The molecular weight excluding hydrogens is 434 g/mol. The van der Waals surface area contributed by atoms with Gasteiger partial charge in [0.05, 0.1) is 10.8 Å². The monoisotopic (exact) mass is 457 g/mol. The molecule has 2 heterocycles. The van der Waals surface area contributed by atoms with E-state index in [1.807, 2.05) is 18.4 Å². The summed E-state index contributed by atoms with van der Waals surface area (Å²) in [5, 5.41) is 11.4. The zero-order chi connectivity index (χ0) is 21.0. The summed E-state index contributed by atoms with van der Waals surface area (Å²) in [5.74, 6) is -0.139. The van der Waals surface area contributed by atoms with Crippen LogP contribution in [-0.2, 0) is 14.8 Å². The van der Waals surface area contributed by atoms with Gasteiger partial charge in [-0.1, -0.05) is 29.8 Å². The van der Waals surface area contributed by atoms with Crippen LogP contribution in [0.25, 0.3) is 0 Å². The highest BCUT2D eigenvalue weighted by Gasteiger charge is 2.28. The largest absolute Gasteiger partial charge is 0.325 e. The van der Waals surface area contributed by atoms with Crippen LogP contribution < -0.4 is 5.32 Å². The smallest absolute Gasteiger partial charge is 0.244 e. The molecule has 11 heteroatoms. The Morgan fingerprint density at radius 1 is 1.28 bits per heavy atom. The van der Waals surface area contributed by atoms with Crippen molar-refractivity contribution in [1.82, 2.24) is 19.1 Å². The van der Waals surface area contributed by atoms with Crippen molar-refractivity contribution < 1.29 is 13.2 Å². The number of carbonyl (C=O) groups is 1. The number of nitrogens with one attached hydrogen (secondary N) is 1. The van der Waals surface area contributed by atoms with Crippen molar-refractivity contribution in [1.29, 1.82) is 0 Å². The van der Waals surface area contributed by atoms with Gasteiger partial charge in [0.25, 0.3) is 0 Å². The molecule has 0 bridgehead atoms. The third kappa shape index (κ3) is 5.30. The van der Waals surface area contributed by atoms with E-state index in [-0.39, 0.29) is 27.6 Å². The second kappa shape index (κ2) is 9.46. The molecule has 0 aliphatic carbocycles.